The molecular weight excluding hydrogens is 441 g/mol. The van der Waals surface area contributed by atoms with E-state index in [9.17, 15) is 22.8 Å². The highest BCUT2D eigenvalue weighted by molar-refractivity contribution is 7.17. The highest BCUT2D eigenvalue weighted by Gasteiger charge is 2.31. The van der Waals surface area contributed by atoms with E-state index in [1.54, 1.807) is 6.07 Å². The van der Waals surface area contributed by atoms with Crippen LogP contribution >= 0.6 is 11.3 Å². The molecule has 0 spiro atoms. The van der Waals surface area contributed by atoms with Crippen LogP contribution < -0.4 is 11.1 Å². The van der Waals surface area contributed by atoms with Gasteiger partial charge in [-0.15, -0.1) is 11.3 Å². The van der Waals surface area contributed by atoms with Gasteiger partial charge in [0, 0.05) is 37.6 Å². The van der Waals surface area contributed by atoms with E-state index in [1.807, 2.05) is 4.90 Å². The zero-order valence-corrected chi connectivity index (χ0v) is 18.3. The smallest absolute Gasteiger partial charge is 0.365 e. The maximum atomic E-state index is 12.9. The van der Waals surface area contributed by atoms with Crippen molar-refractivity contribution in [2.75, 3.05) is 38.0 Å². The fourth-order valence-electron chi connectivity index (χ4n) is 4.33. The maximum Gasteiger partial charge on any atom is 0.416 e. The molecule has 0 radical (unpaired) electrons. The fraction of sp³-hybridized carbons (Fsp3) is 0.455. The number of primary amides is 1. The molecule has 1 aliphatic heterocycles. The molecule has 0 atom stereocenters. The lowest BCUT2D eigenvalue weighted by Gasteiger charge is -2.34. The number of hydrogen-bond acceptors (Lipinski definition) is 5. The minimum absolute atomic E-state index is 0.193. The largest absolute Gasteiger partial charge is 0.416 e. The average Bonchev–Trinajstić information content (AvgIpc) is 3.29. The molecule has 1 aliphatic carbocycles. The number of thiophene rings is 1. The van der Waals surface area contributed by atoms with Gasteiger partial charge in [-0.1, -0.05) is 18.2 Å². The lowest BCUT2D eigenvalue weighted by Crippen LogP contribution is -2.48. The van der Waals surface area contributed by atoms with E-state index < -0.39 is 17.6 Å². The predicted molar refractivity (Wildman–Crippen MR) is 117 cm³/mol. The molecule has 1 aromatic carbocycles. The number of nitrogens with two attached hydrogens (primary N) is 1. The number of hydrogen-bond donors (Lipinski definition) is 2. The number of fused-ring (bicyclic) bond motifs is 1. The van der Waals surface area contributed by atoms with Gasteiger partial charge in [-0.3, -0.25) is 19.4 Å². The van der Waals surface area contributed by atoms with Gasteiger partial charge in [-0.2, -0.15) is 13.2 Å². The number of amides is 2. The molecule has 0 bridgehead atoms. The van der Waals surface area contributed by atoms with E-state index in [-0.39, 0.29) is 12.5 Å². The van der Waals surface area contributed by atoms with Crippen LogP contribution in [-0.4, -0.2) is 54.3 Å². The summed E-state index contributed by atoms with van der Waals surface area (Å²) in [6.45, 7) is 3.21. The van der Waals surface area contributed by atoms with Crippen molar-refractivity contribution in [1.29, 1.82) is 0 Å². The SMILES string of the molecule is NC(=O)c1c(NC(=O)CN2CCN(Cc3cccc(C(F)(F)F)c3)CC2)sc2c1CCC2. The maximum absolute atomic E-state index is 12.9. The third-order valence-corrected chi connectivity index (χ3v) is 7.12. The van der Waals surface area contributed by atoms with Crippen LogP contribution in [0.4, 0.5) is 18.2 Å². The van der Waals surface area contributed by atoms with Crippen molar-refractivity contribution in [2.45, 2.75) is 32.0 Å². The standard InChI is InChI=1S/C22H25F3N4O2S/c23-22(24,25)15-4-1-3-14(11-15)12-28-7-9-29(10-8-28)13-18(30)27-21-19(20(26)31)16-5-2-6-17(16)32-21/h1,3-4,11H,2,5-10,12-13H2,(H2,26,31)(H,27,30). The Labute approximate surface area is 188 Å². The lowest BCUT2D eigenvalue weighted by atomic mass is 10.1. The van der Waals surface area contributed by atoms with Gasteiger partial charge in [0.2, 0.25) is 5.91 Å². The molecule has 2 amide bonds. The van der Waals surface area contributed by atoms with Crippen LogP contribution in [0.1, 0.15) is 38.3 Å². The summed E-state index contributed by atoms with van der Waals surface area (Å²) in [6.07, 6.45) is -1.63. The van der Waals surface area contributed by atoms with Crippen molar-refractivity contribution < 1.29 is 22.8 Å². The highest BCUT2D eigenvalue weighted by atomic mass is 32.1. The Morgan fingerprint density at radius 2 is 1.81 bits per heavy atom. The highest BCUT2D eigenvalue weighted by Crippen LogP contribution is 2.38. The second-order valence-corrected chi connectivity index (χ2v) is 9.33. The number of piperazine rings is 1. The number of benzene rings is 1. The normalized spacial score (nSPS) is 17.3. The molecule has 4 rings (SSSR count). The van der Waals surface area contributed by atoms with Gasteiger partial charge in [0.05, 0.1) is 17.7 Å². The summed E-state index contributed by atoms with van der Waals surface area (Å²) in [6, 6.07) is 5.39. The molecule has 6 nitrogen and oxygen atoms in total. The topological polar surface area (TPSA) is 78.7 Å². The second-order valence-electron chi connectivity index (χ2n) is 8.22. The molecule has 2 aromatic rings. The predicted octanol–water partition coefficient (Wildman–Crippen LogP) is 3.11. The minimum Gasteiger partial charge on any atom is -0.365 e. The Kier molecular flexibility index (Phi) is 6.55. The fourth-order valence-corrected chi connectivity index (χ4v) is 5.64. The molecule has 32 heavy (non-hydrogen) atoms. The Morgan fingerprint density at radius 3 is 2.50 bits per heavy atom. The Hall–Kier alpha value is -2.43. The van der Waals surface area contributed by atoms with Crippen LogP contribution in [0.3, 0.4) is 0 Å². The molecule has 1 fully saturated rings. The Balaban J connectivity index is 1.29. The summed E-state index contributed by atoms with van der Waals surface area (Å²) < 4.78 is 38.7. The number of rotatable bonds is 6. The zero-order valence-electron chi connectivity index (χ0n) is 17.5. The number of halogens is 3. The number of carbonyl (C=O) groups is 2. The van der Waals surface area contributed by atoms with Gasteiger partial charge in [0.1, 0.15) is 5.00 Å². The van der Waals surface area contributed by atoms with E-state index in [0.717, 1.165) is 35.8 Å². The molecule has 0 unspecified atom stereocenters. The lowest BCUT2D eigenvalue weighted by molar-refractivity contribution is -0.137. The molecule has 3 N–H and O–H groups in total. The summed E-state index contributed by atoms with van der Waals surface area (Å²) in [5, 5.41) is 3.39. The van der Waals surface area contributed by atoms with Crippen molar-refractivity contribution in [2.24, 2.45) is 5.73 Å². The van der Waals surface area contributed by atoms with E-state index in [1.165, 1.54) is 23.5 Å². The van der Waals surface area contributed by atoms with Crippen LogP contribution in [0.15, 0.2) is 24.3 Å². The van der Waals surface area contributed by atoms with E-state index in [2.05, 4.69) is 10.2 Å². The first-order valence-electron chi connectivity index (χ1n) is 10.6. The Morgan fingerprint density at radius 1 is 1.09 bits per heavy atom. The van der Waals surface area contributed by atoms with E-state index in [0.29, 0.717) is 48.9 Å². The van der Waals surface area contributed by atoms with E-state index >= 15 is 0 Å². The van der Waals surface area contributed by atoms with Gasteiger partial charge in [0.25, 0.3) is 5.91 Å². The van der Waals surface area contributed by atoms with Gasteiger partial charge in [0.15, 0.2) is 0 Å². The van der Waals surface area contributed by atoms with Crippen LogP contribution in [0.25, 0.3) is 0 Å². The van der Waals surface area contributed by atoms with Crippen molar-refractivity contribution >= 4 is 28.2 Å². The van der Waals surface area contributed by atoms with Gasteiger partial charge >= 0.3 is 6.18 Å². The first-order valence-corrected chi connectivity index (χ1v) is 11.4. The summed E-state index contributed by atoms with van der Waals surface area (Å²) in [5.74, 6) is -0.707. The minimum atomic E-state index is -4.35. The van der Waals surface area contributed by atoms with Gasteiger partial charge in [-0.05, 0) is 36.5 Å². The first-order chi connectivity index (χ1) is 15.2. The average molecular weight is 467 g/mol. The van der Waals surface area contributed by atoms with E-state index in [4.69, 9.17) is 5.73 Å². The number of nitrogens with zero attached hydrogens (tertiary/aromatic N) is 2. The number of carbonyl (C=O) groups excluding carboxylic acids is 2. The van der Waals surface area contributed by atoms with Crippen molar-refractivity contribution in [3.63, 3.8) is 0 Å². The van der Waals surface area contributed by atoms with Gasteiger partial charge in [-0.25, -0.2) is 0 Å². The number of nitrogens with one attached hydrogen (secondary N) is 1. The van der Waals surface area contributed by atoms with Crippen molar-refractivity contribution in [3.8, 4) is 0 Å². The number of aryl methyl sites for hydroxylation is 1. The zero-order chi connectivity index (χ0) is 22.9. The summed E-state index contributed by atoms with van der Waals surface area (Å²) >= 11 is 1.43. The molecule has 0 saturated carbocycles. The van der Waals surface area contributed by atoms with Gasteiger partial charge < -0.3 is 11.1 Å². The van der Waals surface area contributed by atoms with Crippen LogP contribution in [0.2, 0.25) is 0 Å². The molecule has 172 valence electrons. The summed E-state index contributed by atoms with van der Waals surface area (Å²) in [5.41, 5.74) is 6.94. The summed E-state index contributed by atoms with van der Waals surface area (Å²) in [7, 11) is 0. The third-order valence-electron chi connectivity index (χ3n) is 5.91. The first kappa shape index (κ1) is 22.8. The van der Waals surface area contributed by atoms with Crippen LogP contribution in [0.5, 0.6) is 0 Å². The number of alkyl halides is 3. The molecule has 1 saturated heterocycles. The van der Waals surface area contributed by atoms with Crippen LogP contribution in [-0.2, 0) is 30.4 Å². The van der Waals surface area contributed by atoms with Crippen LogP contribution in [0, 0.1) is 0 Å². The molecule has 2 heterocycles. The monoisotopic (exact) mass is 466 g/mol. The van der Waals surface area contributed by atoms with Crippen molar-refractivity contribution in [3.05, 3.63) is 51.4 Å². The molecular formula is C22H25F3N4O2S. The quantitative estimate of drug-likeness (QED) is 0.686. The summed E-state index contributed by atoms with van der Waals surface area (Å²) in [4.78, 5) is 29.7. The van der Waals surface area contributed by atoms with Crippen molar-refractivity contribution in [1.82, 2.24) is 9.80 Å². The third kappa shape index (κ3) is 5.13. The Bertz CT molecular complexity index is 1010. The number of anilines is 1. The molecule has 1 aromatic heterocycles. The molecule has 10 heteroatoms. The molecule has 2 aliphatic rings. The second kappa shape index (κ2) is 9.21.